The van der Waals surface area contributed by atoms with Crippen LogP contribution in [0.4, 0.5) is 0 Å². The van der Waals surface area contributed by atoms with Crippen molar-refractivity contribution in [2.24, 2.45) is 0 Å². The third-order valence-electron chi connectivity index (χ3n) is 2.25. The van der Waals surface area contributed by atoms with Crippen molar-refractivity contribution >= 4 is 5.97 Å². The van der Waals surface area contributed by atoms with Gasteiger partial charge in [0.2, 0.25) is 0 Å². The number of aromatic nitrogens is 2. The molecule has 0 saturated heterocycles. The van der Waals surface area contributed by atoms with Crippen LogP contribution in [0, 0.1) is 13.8 Å². The van der Waals surface area contributed by atoms with E-state index in [1.165, 1.54) is 7.11 Å². The molecule has 0 saturated carbocycles. The van der Waals surface area contributed by atoms with E-state index >= 15 is 0 Å². The highest BCUT2D eigenvalue weighted by Crippen LogP contribution is 2.13. The first-order chi connectivity index (χ1) is 6.07. The van der Waals surface area contributed by atoms with Gasteiger partial charge < -0.3 is 9.30 Å². The van der Waals surface area contributed by atoms with Crippen molar-refractivity contribution in [1.82, 2.24) is 9.55 Å². The second-order valence-corrected chi connectivity index (χ2v) is 3.02. The third kappa shape index (κ3) is 1.71. The van der Waals surface area contributed by atoms with E-state index in [0.717, 1.165) is 11.4 Å². The quantitative estimate of drug-likeness (QED) is 0.646. The molecule has 1 aromatic heterocycles. The van der Waals surface area contributed by atoms with Gasteiger partial charge in [0.25, 0.3) is 0 Å². The predicted molar refractivity (Wildman–Crippen MR) is 48.4 cm³/mol. The number of rotatable bonds is 2. The lowest BCUT2D eigenvalue weighted by Gasteiger charge is -2.12. The molecule has 4 heteroatoms. The van der Waals surface area contributed by atoms with Crippen LogP contribution in [0.3, 0.4) is 0 Å². The monoisotopic (exact) mass is 182 g/mol. The van der Waals surface area contributed by atoms with E-state index in [0.29, 0.717) is 0 Å². The number of aryl methyl sites for hydroxylation is 1. The molecule has 1 atom stereocenters. The molecule has 0 radical (unpaired) electrons. The fourth-order valence-corrected chi connectivity index (χ4v) is 1.19. The van der Waals surface area contributed by atoms with Crippen molar-refractivity contribution in [3.8, 4) is 0 Å². The fraction of sp³-hybridized carbons (Fsp3) is 0.556. The molecule has 1 heterocycles. The van der Waals surface area contributed by atoms with Crippen molar-refractivity contribution in [3.63, 3.8) is 0 Å². The van der Waals surface area contributed by atoms with Gasteiger partial charge in [-0.3, -0.25) is 0 Å². The van der Waals surface area contributed by atoms with Gasteiger partial charge in [-0.15, -0.1) is 0 Å². The molecule has 0 aliphatic carbocycles. The number of ether oxygens (including phenoxy) is 1. The fourth-order valence-electron chi connectivity index (χ4n) is 1.19. The average Bonchev–Trinajstić information content (AvgIpc) is 2.45. The molecule has 13 heavy (non-hydrogen) atoms. The number of esters is 1. The van der Waals surface area contributed by atoms with Crippen LogP contribution in [-0.2, 0) is 9.53 Å². The van der Waals surface area contributed by atoms with Crippen LogP contribution in [0.25, 0.3) is 0 Å². The Bertz CT molecular complexity index is 317. The lowest BCUT2D eigenvalue weighted by atomic mass is 10.3. The highest BCUT2D eigenvalue weighted by atomic mass is 16.5. The first-order valence-corrected chi connectivity index (χ1v) is 4.15. The largest absolute Gasteiger partial charge is 0.467 e. The van der Waals surface area contributed by atoms with Crippen LogP contribution < -0.4 is 0 Å². The second kappa shape index (κ2) is 3.60. The van der Waals surface area contributed by atoms with Crippen LogP contribution in [-0.4, -0.2) is 22.6 Å². The topological polar surface area (TPSA) is 44.1 Å². The standard InChI is InChI=1S/C9H14N2O2/c1-6-7(2)11(5-10-6)8(3)9(12)13-4/h5,8H,1-4H3. The lowest BCUT2D eigenvalue weighted by Crippen LogP contribution is -2.18. The number of nitrogens with zero attached hydrogens (tertiary/aromatic N) is 2. The summed E-state index contributed by atoms with van der Waals surface area (Å²) >= 11 is 0. The summed E-state index contributed by atoms with van der Waals surface area (Å²) in [5, 5.41) is 0. The molecule has 72 valence electrons. The van der Waals surface area contributed by atoms with Gasteiger partial charge in [0.1, 0.15) is 6.04 Å². The Labute approximate surface area is 77.5 Å². The van der Waals surface area contributed by atoms with Crippen LogP contribution in [0.1, 0.15) is 24.4 Å². The Balaban J connectivity index is 2.95. The van der Waals surface area contributed by atoms with E-state index in [4.69, 9.17) is 0 Å². The van der Waals surface area contributed by atoms with Crippen molar-refractivity contribution in [2.75, 3.05) is 7.11 Å². The normalized spacial score (nSPS) is 12.6. The first-order valence-electron chi connectivity index (χ1n) is 4.15. The van der Waals surface area contributed by atoms with Crippen molar-refractivity contribution in [3.05, 3.63) is 17.7 Å². The van der Waals surface area contributed by atoms with Crippen molar-refractivity contribution in [2.45, 2.75) is 26.8 Å². The maximum Gasteiger partial charge on any atom is 0.328 e. The molecule has 4 nitrogen and oxygen atoms in total. The zero-order chi connectivity index (χ0) is 10.0. The van der Waals surface area contributed by atoms with Crippen molar-refractivity contribution in [1.29, 1.82) is 0 Å². The molecule has 0 amide bonds. The Morgan fingerprint density at radius 3 is 2.62 bits per heavy atom. The van der Waals surface area contributed by atoms with E-state index in [1.807, 2.05) is 13.8 Å². The Hall–Kier alpha value is -1.32. The Morgan fingerprint density at radius 1 is 1.62 bits per heavy atom. The summed E-state index contributed by atoms with van der Waals surface area (Å²) in [6, 6.07) is -0.300. The first kappa shape index (κ1) is 9.77. The van der Waals surface area contributed by atoms with E-state index in [2.05, 4.69) is 9.72 Å². The summed E-state index contributed by atoms with van der Waals surface area (Å²) in [7, 11) is 1.39. The molecule has 0 bridgehead atoms. The molecule has 0 aromatic carbocycles. The zero-order valence-corrected chi connectivity index (χ0v) is 8.37. The number of hydrogen-bond acceptors (Lipinski definition) is 3. The molecule has 1 unspecified atom stereocenters. The van der Waals surface area contributed by atoms with E-state index in [9.17, 15) is 4.79 Å². The van der Waals surface area contributed by atoms with Gasteiger partial charge in [0.15, 0.2) is 0 Å². The van der Waals surface area contributed by atoms with Gasteiger partial charge >= 0.3 is 5.97 Å². The molecule has 0 aliphatic heterocycles. The summed E-state index contributed by atoms with van der Waals surface area (Å²) in [6.45, 7) is 5.64. The van der Waals surface area contributed by atoms with Gasteiger partial charge in [-0.2, -0.15) is 0 Å². The maximum absolute atomic E-state index is 11.2. The SMILES string of the molecule is COC(=O)C(C)n1cnc(C)c1C. The molecular weight excluding hydrogens is 168 g/mol. The second-order valence-electron chi connectivity index (χ2n) is 3.02. The highest BCUT2D eigenvalue weighted by Gasteiger charge is 2.17. The van der Waals surface area contributed by atoms with Crippen molar-refractivity contribution < 1.29 is 9.53 Å². The zero-order valence-electron chi connectivity index (χ0n) is 8.37. The number of hydrogen-bond donors (Lipinski definition) is 0. The molecule has 0 aliphatic rings. The maximum atomic E-state index is 11.2. The Kier molecular flexibility index (Phi) is 2.70. The van der Waals surface area contributed by atoms with E-state index in [-0.39, 0.29) is 12.0 Å². The van der Waals surface area contributed by atoms with Crippen LogP contribution in [0.5, 0.6) is 0 Å². The smallest absolute Gasteiger partial charge is 0.328 e. The third-order valence-corrected chi connectivity index (χ3v) is 2.25. The summed E-state index contributed by atoms with van der Waals surface area (Å²) < 4.78 is 6.45. The minimum absolute atomic E-state index is 0.250. The predicted octanol–water partition coefficient (Wildman–Crippen LogP) is 1.23. The molecular formula is C9H14N2O2. The van der Waals surface area contributed by atoms with Crippen LogP contribution >= 0.6 is 0 Å². The average molecular weight is 182 g/mol. The summed E-state index contributed by atoms with van der Waals surface area (Å²) in [6.07, 6.45) is 1.66. The molecule has 1 aromatic rings. The molecule has 0 spiro atoms. The highest BCUT2D eigenvalue weighted by molar-refractivity contribution is 5.73. The van der Waals surface area contributed by atoms with Crippen LogP contribution in [0.2, 0.25) is 0 Å². The lowest BCUT2D eigenvalue weighted by molar-refractivity contribution is -0.144. The van der Waals surface area contributed by atoms with E-state index < -0.39 is 0 Å². The number of carbonyl (C=O) groups is 1. The van der Waals surface area contributed by atoms with Gasteiger partial charge in [-0.05, 0) is 20.8 Å². The molecule has 0 fully saturated rings. The Morgan fingerprint density at radius 2 is 2.23 bits per heavy atom. The molecule has 1 rings (SSSR count). The van der Waals surface area contributed by atoms with Crippen LogP contribution in [0.15, 0.2) is 6.33 Å². The van der Waals surface area contributed by atoms with Gasteiger partial charge in [0, 0.05) is 5.69 Å². The minimum atomic E-state index is -0.300. The summed E-state index contributed by atoms with van der Waals surface area (Å²) in [4.78, 5) is 15.3. The van der Waals surface area contributed by atoms with Gasteiger partial charge in [0.05, 0.1) is 19.1 Å². The molecule has 0 N–H and O–H groups in total. The number of methoxy groups -OCH3 is 1. The summed E-state index contributed by atoms with van der Waals surface area (Å²) in [5.41, 5.74) is 1.94. The number of carbonyl (C=O) groups excluding carboxylic acids is 1. The summed E-state index contributed by atoms with van der Waals surface area (Å²) in [5.74, 6) is -0.250. The van der Waals surface area contributed by atoms with E-state index in [1.54, 1.807) is 17.8 Å². The van der Waals surface area contributed by atoms with Gasteiger partial charge in [-0.1, -0.05) is 0 Å². The minimum Gasteiger partial charge on any atom is -0.467 e. The van der Waals surface area contributed by atoms with Gasteiger partial charge in [-0.25, -0.2) is 9.78 Å². The number of imidazole rings is 1.